The summed E-state index contributed by atoms with van der Waals surface area (Å²) in [7, 11) is 0. The van der Waals surface area contributed by atoms with E-state index in [0.717, 1.165) is 25.1 Å². The third-order valence-electron chi connectivity index (χ3n) is 3.74. The molecule has 1 atom stereocenters. The molecular weight excluding hydrogens is 308 g/mol. The average molecular weight is 330 g/mol. The molecule has 1 aliphatic heterocycles. The lowest BCUT2D eigenvalue weighted by Crippen LogP contribution is -2.42. The van der Waals surface area contributed by atoms with Crippen LogP contribution in [0.4, 0.5) is 10.6 Å². The number of benzene rings is 1. The van der Waals surface area contributed by atoms with Gasteiger partial charge in [-0.1, -0.05) is 25.5 Å². The Hall–Kier alpha value is -2.70. The van der Waals surface area contributed by atoms with E-state index in [1.165, 1.54) is 0 Å². The van der Waals surface area contributed by atoms with Crippen LogP contribution in [0, 0.1) is 0 Å². The van der Waals surface area contributed by atoms with Crippen LogP contribution < -0.4 is 20.1 Å². The van der Waals surface area contributed by atoms with Crippen molar-refractivity contribution < 1.29 is 14.3 Å². The minimum atomic E-state index is -0.282. The van der Waals surface area contributed by atoms with E-state index in [0.29, 0.717) is 24.7 Å². The van der Waals surface area contributed by atoms with Crippen molar-refractivity contribution in [1.29, 1.82) is 0 Å². The first-order valence-electron chi connectivity index (χ1n) is 8.21. The number of amides is 2. The van der Waals surface area contributed by atoms with Crippen LogP contribution in [0.5, 0.6) is 11.5 Å². The van der Waals surface area contributed by atoms with E-state index in [-0.39, 0.29) is 12.1 Å². The Morgan fingerprint density at radius 2 is 2.17 bits per heavy atom. The first-order valence-corrected chi connectivity index (χ1v) is 8.21. The second-order valence-corrected chi connectivity index (χ2v) is 5.63. The fraction of sp³-hybridized carbons (Fsp3) is 0.412. The topological polar surface area (TPSA) is 77.4 Å². The van der Waals surface area contributed by atoms with Crippen LogP contribution >= 0.6 is 0 Å². The molecule has 128 valence electrons. The molecule has 0 bridgehead atoms. The number of rotatable bonds is 6. The molecule has 0 saturated carbocycles. The van der Waals surface area contributed by atoms with Gasteiger partial charge in [-0.3, -0.25) is 5.32 Å². The second-order valence-electron chi connectivity index (χ2n) is 5.63. The number of unbranched alkanes of at least 4 members (excludes halogenated alkanes) is 1. The lowest BCUT2D eigenvalue weighted by Gasteiger charge is -2.26. The highest BCUT2D eigenvalue weighted by Gasteiger charge is 2.21. The number of ether oxygens (including phenoxy) is 2. The summed E-state index contributed by atoms with van der Waals surface area (Å²) in [5.74, 6) is 2.12. The summed E-state index contributed by atoms with van der Waals surface area (Å²) in [6, 6.07) is 9.01. The van der Waals surface area contributed by atoms with Gasteiger partial charge in [0.25, 0.3) is 0 Å². The van der Waals surface area contributed by atoms with Gasteiger partial charge < -0.3 is 14.8 Å². The van der Waals surface area contributed by atoms with Crippen LogP contribution in [0.2, 0.25) is 0 Å². The number of anilines is 1. The molecule has 0 unspecified atom stereocenters. The molecule has 7 nitrogen and oxygen atoms in total. The highest BCUT2D eigenvalue weighted by Crippen LogP contribution is 2.30. The van der Waals surface area contributed by atoms with Gasteiger partial charge in [0.2, 0.25) is 0 Å². The molecule has 0 aliphatic carbocycles. The van der Waals surface area contributed by atoms with Gasteiger partial charge in [-0.25, -0.2) is 9.48 Å². The number of carbonyl (C=O) groups excluding carboxylic acids is 1. The maximum Gasteiger partial charge on any atom is 0.320 e. The minimum Gasteiger partial charge on any atom is -0.486 e. The molecule has 3 rings (SSSR count). The van der Waals surface area contributed by atoms with Crippen molar-refractivity contribution in [3.63, 3.8) is 0 Å². The quantitative estimate of drug-likeness (QED) is 0.853. The van der Waals surface area contributed by atoms with E-state index in [1.54, 1.807) is 16.9 Å². The third-order valence-corrected chi connectivity index (χ3v) is 3.74. The molecule has 1 aromatic heterocycles. The monoisotopic (exact) mass is 330 g/mol. The lowest BCUT2D eigenvalue weighted by atomic mass is 10.2. The number of urea groups is 1. The molecule has 2 heterocycles. The van der Waals surface area contributed by atoms with Crippen molar-refractivity contribution in [1.82, 2.24) is 15.1 Å². The third kappa shape index (κ3) is 3.98. The van der Waals surface area contributed by atoms with Gasteiger partial charge >= 0.3 is 6.03 Å². The number of para-hydroxylation sites is 2. The standard InChI is InChI=1S/C17H22N4O3/c1-2-3-10-21-16(8-9-19-21)20-17(22)18-11-13-12-23-14-6-4-5-7-15(14)24-13/h4-9,13H,2-3,10-12H2,1H3,(H2,18,20,22)/t13-/m0/s1. The predicted octanol–water partition coefficient (Wildman–Crippen LogP) is 2.64. The van der Waals surface area contributed by atoms with Crippen LogP contribution in [-0.4, -0.2) is 35.1 Å². The normalized spacial score (nSPS) is 15.8. The molecule has 0 saturated heterocycles. The number of fused-ring (bicyclic) bond motifs is 1. The van der Waals surface area contributed by atoms with Crippen molar-refractivity contribution in [3.05, 3.63) is 36.5 Å². The number of aryl methyl sites for hydroxylation is 1. The molecular formula is C17H22N4O3. The lowest BCUT2D eigenvalue weighted by molar-refractivity contribution is 0.0922. The largest absolute Gasteiger partial charge is 0.486 e. The van der Waals surface area contributed by atoms with Gasteiger partial charge in [-0.2, -0.15) is 5.10 Å². The van der Waals surface area contributed by atoms with Gasteiger partial charge in [0.05, 0.1) is 12.7 Å². The maximum atomic E-state index is 12.1. The highest BCUT2D eigenvalue weighted by molar-refractivity contribution is 5.88. The maximum absolute atomic E-state index is 12.1. The van der Waals surface area contributed by atoms with Crippen LogP contribution in [0.3, 0.4) is 0 Å². The van der Waals surface area contributed by atoms with Crippen LogP contribution in [-0.2, 0) is 6.54 Å². The summed E-state index contributed by atoms with van der Waals surface area (Å²) in [5, 5.41) is 9.83. The number of nitrogens with zero attached hydrogens (tertiary/aromatic N) is 2. The van der Waals surface area contributed by atoms with E-state index in [9.17, 15) is 4.79 Å². The zero-order valence-corrected chi connectivity index (χ0v) is 13.7. The Balaban J connectivity index is 1.47. The molecule has 1 aliphatic rings. The Morgan fingerprint density at radius 1 is 1.33 bits per heavy atom. The second kappa shape index (κ2) is 7.72. The number of hydrogen-bond donors (Lipinski definition) is 2. The predicted molar refractivity (Wildman–Crippen MR) is 90.5 cm³/mol. The first-order chi connectivity index (χ1) is 11.8. The zero-order chi connectivity index (χ0) is 16.8. The van der Waals surface area contributed by atoms with Gasteiger partial charge in [-0.05, 0) is 18.6 Å². The van der Waals surface area contributed by atoms with Crippen molar-refractivity contribution in [2.75, 3.05) is 18.5 Å². The molecule has 0 radical (unpaired) electrons. The van der Waals surface area contributed by atoms with Gasteiger partial charge in [-0.15, -0.1) is 0 Å². The first kappa shape index (κ1) is 16.2. The van der Waals surface area contributed by atoms with Crippen LogP contribution in [0.1, 0.15) is 19.8 Å². The summed E-state index contributed by atoms with van der Waals surface area (Å²) in [5.41, 5.74) is 0. The van der Waals surface area contributed by atoms with Gasteiger partial charge in [0.15, 0.2) is 17.6 Å². The average Bonchev–Trinajstić information content (AvgIpc) is 3.05. The minimum absolute atomic E-state index is 0.212. The van der Waals surface area contributed by atoms with Crippen LogP contribution in [0.15, 0.2) is 36.5 Å². The van der Waals surface area contributed by atoms with Crippen molar-refractivity contribution in [2.45, 2.75) is 32.4 Å². The van der Waals surface area contributed by atoms with Gasteiger partial charge in [0.1, 0.15) is 12.4 Å². The van der Waals surface area contributed by atoms with Crippen molar-refractivity contribution >= 4 is 11.8 Å². The van der Waals surface area contributed by atoms with Gasteiger partial charge in [0, 0.05) is 12.6 Å². The highest BCUT2D eigenvalue weighted by atomic mass is 16.6. The number of hydrogen-bond acceptors (Lipinski definition) is 4. The Bertz CT molecular complexity index is 686. The molecule has 0 fully saturated rings. The van der Waals surface area contributed by atoms with Crippen LogP contribution in [0.25, 0.3) is 0 Å². The van der Waals surface area contributed by atoms with E-state index in [2.05, 4.69) is 22.7 Å². The zero-order valence-electron chi connectivity index (χ0n) is 13.7. The fourth-order valence-corrected chi connectivity index (χ4v) is 2.46. The van der Waals surface area contributed by atoms with Crippen molar-refractivity contribution in [2.24, 2.45) is 0 Å². The molecule has 7 heteroatoms. The molecule has 1 aromatic carbocycles. The SMILES string of the molecule is CCCCn1nccc1NC(=O)NC[C@H]1COc2ccccc2O1. The van der Waals surface area contributed by atoms with E-state index in [1.807, 2.05) is 24.3 Å². The van der Waals surface area contributed by atoms with E-state index in [4.69, 9.17) is 9.47 Å². The Kier molecular flexibility index (Phi) is 5.20. The summed E-state index contributed by atoms with van der Waals surface area (Å²) in [6.07, 6.45) is 3.56. The van der Waals surface area contributed by atoms with E-state index >= 15 is 0 Å². The summed E-state index contributed by atoms with van der Waals surface area (Å²) in [4.78, 5) is 12.1. The molecule has 2 N–H and O–H groups in total. The Morgan fingerprint density at radius 3 is 3.00 bits per heavy atom. The molecule has 24 heavy (non-hydrogen) atoms. The summed E-state index contributed by atoms with van der Waals surface area (Å²) in [6.45, 7) is 3.68. The smallest absolute Gasteiger partial charge is 0.320 e. The summed E-state index contributed by atoms with van der Waals surface area (Å²) < 4.78 is 13.2. The molecule has 0 spiro atoms. The Labute approximate surface area is 140 Å². The fourth-order valence-electron chi connectivity index (χ4n) is 2.46. The summed E-state index contributed by atoms with van der Waals surface area (Å²) >= 11 is 0. The molecule has 2 amide bonds. The number of aromatic nitrogens is 2. The molecule has 2 aromatic rings. The van der Waals surface area contributed by atoms with E-state index < -0.39 is 0 Å². The number of carbonyl (C=O) groups is 1. The van der Waals surface area contributed by atoms with Crippen molar-refractivity contribution in [3.8, 4) is 11.5 Å². The number of nitrogens with one attached hydrogen (secondary N) is 2.